The predicted octanol–water partition coefficient (Wildman–Crippen LogP) is 4.29. The normalized spacial score (nSPS) is 12.0. The second kappa shape index (κ2) is 7.26. The molecule has 0 aliphatic carbocycles. The summed E-state index contributed by atoms with van der Waals surface area (Å²) in [4.78, 5) is 12.2. The number of hydrogen-bond donors (Lipinski definition) is 1. The molecule has 0 spiro atoms. The summed E-state index contributed by atoms with van der Waals surface area (Å²) in [6.07, 6.45) is 1.45. The van der Waals surface area contributed by atoms with E-state index in [1.165, 1.54) is 22.3 Å². The van der Waals surface area contributed by atoms with Gasteiger partial charge in [0.15, 0.2) is 0 Å². The van der Waals surface area contributed by atoms with Crippen LogP contribution in [0.4, 0.5) is 0 Å². The minimum absolute atomic E-state index is 0.0299. The van der Waals surface area contributed by atoms with Crippen LogP contribution in [-0.2, 0) is 17.6 Å². The highest BCUT2D eigenvalue weighted by atomic mass is 16.1. The van der Waals surface area contributed by atoms with Crippen molar-refractivity contribution in [1.29, 1.82) is 0 Å². The van der Waals surface area contributed by atoms with Crippen LogP contribution in [-0.4, -0.2) is 5.91 Å². The predicted molar refractivity (Wildman–Crippen MR) is 92.0 cm³/mol. The Labute approximate surface area is 133 Å². The van der Waals surface area contributed by atoms with E-state index in [2.05, 4.69) is 56.4 Å². The third-order valence-corrected chi connectivity index (χ3v) is 4.07. The zero-order chi connectivity index (χ0) is 16.1. The van der Waals surface area contributed by atoms with E-state index in [1.54, 1.807) is 0 Å². The monoisotopic (exact) mass is 295 g/mol. The lowest BCUT2D eigenvalue weighted by Crippen LogP contribution is -2.28. The lowest BCUT2D eigenvalue weighted by molar-refractivity contribution is -0.121. The molecule has 2 nitrogen and oxygen atoms in total. The lowest BCUT2D eigenvalue weighted by atomic mass is 9.99. The zero-order valence-electron chi connectivity index (χ0n) is 13.9. The molecule has 0 unspecified atom stereocenters. The number of aryl methyl sites for hydroxylation is 3. The fourth-order valence-corrected chi connectivity index (χ4v) is 2.67. The Morgan fingerprint density at radius 3 is 2.32 bits per heavy atom. The van der Waals surface area contributed by atoms with Crippen LogP contribution in [0, 0.1) is 13.8 Å². The number of hydrogen-bond acceptors (Lipinski definition) is 1. The zero-order valence-corrected chi connectivity index (χ0v) is 13.9. The molecule has 0 saturated heterocycles. The molecule has 0 aliphatic rings. The van der Waals surface area contributed by atoms with E-state index < -0.39 is 0 Å². The van der Waals surface area contributed by atoms with E-state index in [0.29, 0.717) is 6.42 Å². The van der Waals surface area contributed by atoms with Crippen molar-refractivity contribution in [3.8, 4) is 0 Å². The Hall–Kier alpha value is -2.09. The van der Waals surface area contributed by atoms with E-state index in [9.17, 15) is 4.79 Å². The second-order valence-electron chi connectivity index (χ2n) is 6.00. The molecule has 2 aromatic rings. The Bertz CT molecular complexity index is 643. The quantitative estimate of drug-likeness (QED) is 0.876. The summed E-state index contributed by atoms with van der Waals surface area (Å²) in [6.45, 7) is 8.33. The molecular formula is C20H25NO. The van der Waals surface area contributed by atoms with Gasteiger partial charge in [-0.3, -0.25) is 4.79 Å². The van der Waals surface area contributed by atoms with Crippen LogP contribution in [0.15, 0.2) is 42.5 Å². The number of rotatable bonds is 5. The summed E-state index contributed by atoms with van der Waals surface area (Å²) in [5.74, 6) is 0.0673. The van der Waals surface area contributed by atoms with Gasteiger partial charge in [0, 0.05) is 0 Å². The highest BCUT2D eigenvalue weighted by Gasteiger charge is 2.12. The Morgan fingerprint density at radius 2 is 1.68 bits per heavy atom. The summed E-state index contributed by atoms with van der Waals surface area (Å²) in [5.41, 5.74) is 5.98. The van der Waals surface area contributed by atoms with Gasteiger partial charge in [-0.2, -0.15) is 0 Å². The topological polar surface area (TPSA) is 29.1 Å². The maximum absolute atomic E-state index is 12.2. The smallest absolute Gasteiger partial charge is 0.224 e. The van der Waals surface area contributed by atoms with E-state index in [4.69, 9.17) is 0 Å². The Balaban J connectivity index is 2.00. The van der Waals surface area contributed by atoms with E-state index in [-0.39, 0.29) is 11.9 Å². The summed E-state index contributed by atoms with van der Waals surface area (Å²) in [7, 11) is 0. The molecule has 0 heterocycles. The molecule has 0 aliphatic heterocycles. The van der Waals surface area contributed by atoms with Gasteiger partial charge in [-0.15, -0.1) is 0 Å². The molecule has 116 valence electrons. The van der Waals surface area contributed by atoms with Gasteiger partial charge in [-0.1, -0.05) is 55.0 Å². The average Bonchev–Trinajstić information content (AvgIpc) is 2.50. The first-order valence-corrected chi connectivity index (χ1v) is 7.94. The van der Waals surface area contributed by atoms with Crippen LogP contribution in [0.3, 0.4) is 0 Å². The number of carbonyl (C=O) groups excluding carboxylic acids is 1. The molecule has 2 heteroatoms. The van der Waals surface area contributed by atoms with E-state index in [1.807, 2.05) is 19.1 Å². The van der Waals surface area contributed by atoms with Gasteiger partial charge in [0.25, 0.3) is 0 Å². The van der Waals surface area contributed by atoms with Gasteiger partial charge in [-0.25, -0.2) is 0 Å². The highest BCUT2D eigenvalue weighted by molar-refractivity contribution is 5.79. The molecule has 2 aromatic carbocycles. The summed E-state index contributed by atoms with van der Waals surface area (Å²) >= 11 is 0. The van der Waals surface area contributed by atoms with E-state index >= 15 is 0 Å². The molecule has 0 fully saturated rings. The number of carbonyl (C=O) groups is 1. The van der Waals surface area contributed by atoms with Gasteiger partial charge < -0.3 is 5.32 Å². The first kappa shape index (κ1) is 16.3. The van der Waals surface area contributed by atoms with Crippen molar-refractivity contribution in [2.45, 2.75) is 46.6 Å². The van der Waals surface area contributed by atoms with Gasteiger partial charge in [0.05, 0.1) is 12.5 Å². The molecule has 0 aromatic heterocycles. The molecule has 0 radical (unpaired) electrons. The molecule has 1 amide bonds. The molecule has 2 rings (SSSR count). The van der Waals surface area contributed by atoms with Crippen LogP contribution >= 0.6 is 0 Å². The summed E-state index contributed by atoms with van der Waals surface area (Å²) in [5, 5.41) is 3.10. The maximum Gasteiger partial charge on any atom is 0.224 e. The van der Waals surface area contributed by atoms with Crippen LogP contribution in [0.5, 0.6) is 0 Å². The first-order chi connectivity index (χ1) is 10.5. The van der Waals surface area contributed by atoms with Crippen LogP contribution in [0.1, 0.15) is 47.7 Å². The first-order valence-electron chi connectivity index (χ1n) is 7.94. The SMILES string of the molecule is CCc1ccc(CC(=O)N[C@@H](C)c2cc(C)ccc2C)cc1. The largest absolute Gasteiger partial charge is 0.349 e. The minimum atomic E-state index is 0.0299. The van der Waals surface area contributed by atoms with Gasteiger partial charge in [0.1, 0.15) is 0 Å². The van der Waals surface area contributed by atoms with Crippen molar-refractivity contribution >= 4 is 5.91 Å². The number of benzene rings is 2. The van der Waals surface area contributed by atoms with Gasteiger partial charge in [0.2, 0.25) is 5.91 Å². The number of amides is 1. The van der Waals surface area contributed by atoms with Gasteiger partial charge >= 0.3 is 0 Å². The molecule has 1 N–H and O–H groups in total. The maximum atomic E-state index is 12.2. The van der Waals surface area contributed by atoms with Crippen molar-refractivity contribution in [2.24, 2.45) is 0 Å². The number of nitrogens with one attached hydrogen (secondary N) is 1. The highest BCUT2D eigenvalue weighted by Crippen LogP contribution is 2.19. The van der Waals surface area contributed by atoms with Crippen molar-refractivity contribution in [3.63, 3.8) is 0 Å². The van der Waals surface area contributed by atoms with Crippen molar-refractivity contribution < 1.29 is 4.79 Å². The van der Waals surface area contributed by atoms with Crippen LogP contribution in [0.25, 0.3) is 0 Å². The second-order valence-corrected chi connectivity index (χ2v) is 6.00. The van der Waals surface area contributed by atoms with Crippen molar-refractivity contribution in [1.82, 2.24) is 5.32 Å². The fraction of sp³-hybridized carbons (Fsp3) is 0.350. The standard InChI is InChI=1S/C20H25NO/c1-5-17-8-10-18(11-9-17)13-20(22)21-16(4)19-12-14(2)6-7-15(19)3/h6-12,16H,5,13H2,1-4H3,(H,21,22)/t16-/m0/s1. The Kier molecular flexibility index (Phi) is 5.37. The third kappa shape index (κ3) is 4.20. The molecule has 0 saturated carbocycles. The molecule has 1 atom stereocenters. The fourth-order valence-electron chi connectivity index (χ4n) is 2.67. The van der Waals surface area contributed by atoms with Crippen molar-refractivity contribution in [2.75, 3.05) is 0 Å². The average molecular weight is 295 g/mol. The van der Waals surface area contributed by atoms with Crippen LogP contribution < -0.4 is 5.32 Å². The summed E-state index contributed by atoms with van der Waals surface area (Å²) < 4.78 is 0. The minimum Gasteiger partial charge on any atom is -0.349 e. The van der Waals surface area contributed by atoms with Gasteiger partial charge in [-0.05, 0) is 49.4 Å². The van der Waals surface area contributed by atoms with Crippen LogP contribution in [0.2, 0.25) is 0 Å². The molecule has 0 bridgehead atoms. The molecule has 22 heavy (non-hydrogen) atoms. The van der Waals surface area contributed by atoms with Crippen molar-refractivity contribution in [3.05, 3.63) is 70.3 Å². The third-order valence-electron chi connectivity index (χ3n) is 4.07. The molecular weight excluding hydrogens is 270 g/mol. The summed E-state index contributed by atoms with van der Waals surface area (Å²) in [6, 6.07) is 14.7. The van der Waals surface area contributed by atoms with E-state index in [0.717, 1.165) is 12.0 Å². The lowest BCUT2D eigenvalue weighted by Gasteiger charge is -2.17. The Morgan fingerprint density at radius 1 is 1.05 bits per heavy atom.